The Morgan fingerprint density at radius 1 is 0.243 bits per heavy atom. The highest BCUT2D eigenvalue weighted by Crippen LogP contribution is 2.43. The molecule has 0 amide bonds. The number of rotatable bonds is 58. The van der Waals surface area contributed by atoms with Gasteiger partial charge in [-0.15, -0.1) is 0 Å². The van der Waals surface area contributed by atoms with Gasteiger partial charge in [-0.05, 0) is 6.42 Å². The van der Waals surface area contributed by atoms with Crippen molar-refractivity contribution in [2.24, 2.45) is 47.3 Å². The van der Waals surface area contributed by atoms with Crippen molar-refractivity contribution in [3.63, 3.8) is 0 Å². The number of aliphatic hydroxyl groups is 16. The van der Waals surface area contributed by atoms with Gasteiger partial charge in [0.05, 0.1) is 102 Å². The highest BCUT2D eigenvalue weighted by atomic mass is 32.2. The van der Waals surface area contributed by atoms with Crippen LogP contribution in [0.5, 0.6) is 0 Å². The smallest absolute Gasteiger partial charge is 0.307 e. The summed E-state index contributed by atoms with van der Waals surface area (Å²) in [6.07, 6.45) is -72.8. The molecule has 0 aromatic heterocycles. The van der Waals surface area contributed by atoms with Gasteiger partial charge in [0.25, 0.3) is 0 Å². The monoisotopic (exact) mass is 2170 g/mol. The average molecular weight is 2170 g/mol. The summed E-state index contributed by atoms with van der Waals surface area (Å²) in [5.74, 6) is -20.0. The Kier molecular flexibility index (Phi) is 51.3. The number of hydrogen-bond donors (Lipinski definition) is 24. The number of unbranched alkanes of at least 4 members (excludes halogenated alkanes) is 1. The lowest BCUT2D eigenvalue weighted by Gasteiger charge is -2.50. The SMILES string of the molecule is CCCCOC1OC(CSCC(C)C(=O)O)C(OC2OC(CSCC(C)C(=O)O)C(OC3OC(CSCC(C)C(=O)O)C(OC4OC(CSCC(C)C(=O)O)C(OC5OC(CSCC(C)C(=O)O)C(OC6OC(CSCC(C)C(=O)O)C(OC7OC(CSCC(C)C(=O)O)C(OC8OC(CSCC(C)C(=O)O)CC(O)C8O)C(O)C7O)C(O)C6O)C(O)C5O)C(O)C4O)C(O)C3O)C(O)C2O)C(O)C1O. The predicted octanol–water partition coefficient (Wildman–Crippen LogP) is -3.91. The molecule has 810 valence electrons. The van der Waals surface area contributed by atoms with E-state index in [1.165, 1.54) is 67.2 Å². The summed E-state index contributed by atoms with van der Waals surface area (Å²) in [6.45, 7) is 13.2. The van der Waals surface area contributed by atoms with E-state index in [1.807, 2.05) is 6.92 Å². The lowest BCUT2D eigenvalue weighted by Crippen LogP contribution is -2.68. The Morgan fingerprint density at radius 2 is 0.407 bits per heavy atom. The summed E-state index contributed by atoms with van der Waals surface area (Å²) >= 11 is 7.80. The molecule has 0 aromatic rings. The molecule has 47 unspecified atom stereocenters. The number of ether oxygens (including phenoxy) is 16. The zero-order valence-electron chi connectivity index (χ0n) is 78.1. The van der Waals surface area contributed by atoms with Gasteiger partial charge >= 0.3 is 47.8 Å². The number of thioether (sulfide) groups is 8. The fourth-order valence-corrected chi connectivity index (χ4v) is 24.3. The van der Waals surface area contributed by atoms with E-state index in [-0.39, 0.29) is 93.6 Å². The number of aliphatic carboxylic acids is 8. The van der Waals surface area contributed by atoms with Crippen LogP contribution in [0.1, 0.15) is 81.6 Å². The first kappa shape index (κ1) is 122. The Bertz CT molecular complexity index is 3760. The molecule has 8 saturated heterocycles. The van der Waals surface area contributed by atoms with Crippen molar-refractivity contribution in [3.05, 3.63) is 0 Å². The summed E-state index contributed by atoms with van der Waals surface area (Å²) in [4.78, 5) is 96.1. The average Bonchev–Trinajstić information content (AvgIpc) is 0.768. The van der Waals surface area contributed by atoms with Crippen molar-refractivity contribution in [1.82, 2.24) is 0 Å². The molecule has 0 saturated carbocycles. The first-order valence-electron chi connectivity index (χ1n) is 45.8. The number of carboxylic acids is 8. The maximum atomic E-state index is 12.5. The molecule has 0 aromatic carbocycles. The summed E-state index contributed by atoms with van der Waals surface area (Å²) in [7, 11) is 0. The molecule has 140 heavy (non-hydrogen) atoms. The lowest BCUT2D eigenvalue weighted by atomic mass is 9.95. The van der Waals surface area contributed by atoms with E-state index in [2.05, 4.69) is 0 Å². The highest BCUT2D eigenvalue weighted by Gasteiger charge is 2.60. The highest BCUT2D eigenvalue weighted by molar-refractivity contribution is 8.00. The number of aliphatic hydroxyl groups excluding tert-OH is 16. The van der Waals surface area contributed by atoms with E-state index in [0.717, 1.165) is 82.3 Å². The maximum absolute atomic E-state index is 12.5. The molecule has 8 aliphatic heterocycles. The van der Waals surface area contributed by atoms with Crippen molar-refractivity contribution in [1.29, 1.82) is 0 Å². The third-order valence-electron chi connectivity index (χ3n) is 24.4. The van der Waals surface area contributed by atoms with Gasteiger partial charge in [0.1, 0.15) is 134 Å². The van der Waals surface area contributed by atoms with Crippen LogP contribution in [0.25, 0.3) is 0 Å². The second-order valence-electron chi connectivity index (χ2n) is 36.2. The third-order valence-corrected chi connectivity index (χ3v) is 34.8. The van der Waals surface area contributed by atoms with Gasteiger partial charge in [0.2, 0.25) is 0 Å². The Balaban J connectivity index is 1.05. The summed E-state index contributed by atoms with van der Waals surface area (Å²) in [5.41, 5.74) is 0. The molecule has 47 atom stereocenters. The summed E-state index contributed by atoms with van der Waals surface area (Å²) in [6, 6.07) is 0. The zero-order valence-corrected chi connectivity index (χ0v) is 84.6. The minimum Gasteiger partial charge on any atom is -0.481 e. The van der Waals surface area contributed by atoms with Crippen LogP contribution in [0.2, 0.25) is 0 Å². The Morgan fingerprint density at radius 3 is 0.586 bits per heavy atom. The Hall–Kier alpha value is -2.72. The minimum absolute atomic E-state index is 0.0405. The van der Waals surface area contributed by atoms with Crippen molar-refractivity contribution in [3.8, 4) is 0 Å². The van der Waals surface area contributed by atoms with Crippen molar-refractivity contribution >= 4 is 142 Å². The molecule has 0 aliphatic carbocycles. The second-order valence-corrected chi connectivity index (χ2v) is 44.8. The van der Waals surface area contributed by atoms with Crippen LogP contribution in [0.15, 0.2) is 0 Å². The van der Waals surface area contributed by atoms with E-state index < -0.39 is 346 Å². The largest absolute Gasteiger partial charge is 0.481 e. The second kappa shape index (κ2) is 58.6. The molecule has 8 aliphatic rings. The predicted molar refractivity (Wildman–Crippen MR) is 498 cm³/mol. The fourth-order valence-electron chi connectivity index (χ4n) is 15.3. The Labute approximate surface area is 840 Å². The first-order chi connectivity index (χ1) is 66.0. The molecule has 0 spiro atoms. The summed E-state index contributed by atoms with van der Waals surface area (Å²) in [5, 5.41) is 271. The van der Waals surface area contributed by atoms with Crippen LogP contribution < -0.4 is 0 Å². The first-order valence-corrected chi connectivity index (χ1v) is 55.0. The number of carboxylic acid groups (broad SMARTS) is 8. The molecule has 8 rings (SSSR count). The van der Waals surface area contributed by atoms with Gasteiger partial charge in [-0.1, -0.05) is 68.7 Å². The molecular weight excluding hydrogens is 2030 g/mol. The minimum atomic E-state index is -2.35. The molecule has 24 N–H and O–H groups in total. The normalized spacial score (nSPS) is 39.5. The topological polar surface area (TPSA) is 770 Å². The van der Waals surface area contributed by atoms with Gasteiger partial charge < -0.3 is 198 Å². The van der Waals surface area contributed by atoms with Crippen molar-refractivity contribution < 1.29 is 237 Å². The van der Waals surface area contributed by atoms with Crippen LogP contribution in [0, 0.1) is 47.3 Å². The lowest BCUT2D eigenvalue weighted by molar-refractivity contribution is -0.391. The van der Waals surface area contributed by atoms with Gasteiger partial charge in [0, 0.05) is 105 Å². The van der Waals surface area contributed by atoms with E-state index in [9.17, 15) is 161 Å². The van der Waals surface area contributed by atoms with E-state index >= 15 is 0 Å². The van der Waals surface area contributed by atoms with Gasteiger partial charge in [0.15, 0.2) is 50.3 Å². The number of hydrogen-bond acceptors (Lipinski definition) is 48. The molecule has 0 bridgehead atoms. The molecule has 0 radical (unpaired) electrons. The maximum Gasteiger partial charge on any atom is 0.307 e. The molecule has 48 nitrogen and oxygen atoms in total. The quantitative estimate of drug-likeness (QED) is 0.0259. The van der Waals surface area contributed by atoms with Gasteiger partial charge in [-0.2, -0.15) is 94.1 Å². The summed E-state index contributed by atoms with van der Waals surface area (Å²) < 4.78 is 99.9. The molecule has 8 fully saturated rings. The third kappa shape index (κ3) is 34.4. The molecule has 56 heteroatoms. The fraction of sp³-hybridized carbons (Fsp3) is 0.905. The van der Waals surface area contributed by atoms with E-state index in [0.29, 0.717) is 12.8 Å². The van der Waals surface area contributed by atoms with Crippen molar-refractivity contribution in [2.45, 2.75) is 321 Å². The van der Waals surface area contributed by atoms with Crippen LogP contribution in [-0.4, -0.2) is 509 Å². The standard InChI is InChI=1S/C84H138O48S8/c1-10-11-12-117-77-55(94)48(87)62(40(119-77)23-134-15-31(3)70(103)104)127-79-57(96)50(89)64(42(121-79)25-136-17-33(5)72(107)108)129-81-59(98)52(91)66(44(123-81)27-138-19-35(7)74(111)112)131-83-61(100)54(93)68(46(125-83)29-140-21-37(9)76(115)116)132-84-60(99)53(92)67(45(124-84)28-139-20-36(8)75(113)114)130-82-58(97)51(90)65(43(122-82)26-137-18-34(6)73(109)110)128-80-56(95)49(88)63(41(120-80)24-135-16-32(4)71(105)106)126-78-47(86)39(85)13-38(118-78)22-133-14-30(2)69(101)102/h30-68,77-100H,10-29H2,1-9H3,(H,101,102)(H,103,104)(H,105,106)(H,107,108)(H,109,110)(H,111,112)(H,113,114)(H,115,116). The van der Waals surface area contributed by atoms with Gasteiger partial charge in [-0.3, -0.25) is 38.4 Å². The van der Waals surface area contributed by atoms with E-state index in [4.69, 9.17) is 75.8 Å². The van der Waals surface area contributed by atoms with Crippen LogP contribution in [0.4, 0.5) is 0 Å². The number of carbonyl (C=O) groups is 8. The zero-order chi connectivity index (χ0) is 104. The molecular formula is C84H138O48S8. The van der Waals surface area contributed by atoms with E-state index in [1.54, 1.807) is 0 Å². The van der Waals surface area contributed by atoms with Crippen LogP contribution in [-0.2, 0) is 114 Å². The van der Waals surface area contributed by atoms with Crippen LogP contribution >= 0.6 is 94.1 Å². The van der Waals surface area contributed by atoms with Crippen LogP contribution in [0.3, 0.4) is 0 Å². The van der Waals surface area contributed by atoms with Gasteiger partial charge in [-0.25, -0.2) is 0 Å². The van der Waals surface area contributed by atoms with Crippen molar-refractivity contribution in [2.75, 3.05) is 98.7 Å². The molecule has 8 heterocycles.